The molecule has 5 nitrogen and oxygen atoms in total. The third-order valence-electron chi connectivity index (χ3n) is 4.11. The fourth-order valence-corrected chi connectivity index (χ4v) is 4.47. The van der Waals surface area contributed by atoms with Gasteiger partial charge in [0.05, 0.1) is 18.6 Å². The lowest BCUT2D eigenvalue weighted by Gasteiger charge is -2.22. The number of methoxy groups -OCH3 is 1. The normalized spacial score (nSPS) is 18.4. The molecule has 128 valence electrons. The summed E-state index contributed by atoms with van der Waals surface area (Å²) in [7, 11) is -2.04. The molecule has 0 spiro atoms. The van der Waals surface area contributed by atoms with E-state index >= 15 is 0 Å². The van der Waals surface area contributed by atoms with E-state index < -0.39 is 10.0 Å². The summed E-state index contributed by atoms with van der Waals surface area (Å²) in [5, 5.41) is 0. The second-order valence-corrected chi connectivity index (χ2v) is 7.90. The standard InChI is InChI=1S/C18H21NO4S/c1-13-10-16(8-9-17(13)22-3)24(20,21)19-11-14(2)23-18-7-5-4-6-15(18)12-19/h4-10,14H,11-12H2,1-3H3. The molecule has 1 atom stereocenters. The molecule has 6 heteroatoms. The van der Waals surface area contributed by atoms with Crippen LogP contribution in [-0.2, 0) is 16.6 Å². The molecule has 1 heterocycles. The Kier molecular flexibility index (Phi) is 4.51. The zero-order chi connectivity index (χ0) is 17.3. The molecule has 0 fully saturated rings. The van der Waals surface area contributed by atoms with Crippen LogP contribution in [0.25, 0.3) is 0 Å². The molecule has 0 aliphatic carbocycles. The number of ether oxygens (including phenoxy) is 2. The summed E-state index contributed by atoms with van der Waals surface area (Å²) in [5.74, 6) is 1.42. The van der Waals surface area contributed by atoms with E-state index in [2.05, 4.69) is 0 Å². The molecule has 0 N–H and O–H groups in total. The number of benzene rings is 2. The van der Waals surface area contributed by atoms with Crippen molar-refractivity contribution >= 4 is 10.0 Å². The van der Waals surface area contributed by atoms with Crippen LogP contribution in [0, 0.1) is 6.92 Å². The van der Waals surface area contributed by atoms with Crippen molar-refractivity contribution in [3.8, 4) is 11.5 Å². The van der Waals surface area contributed by atoms with Gasteiger partial charge in [0.15, 0.2) is 0 Å². The topological polar surface area (TPSA) is 55.8 Å². The summed E-state index contributed by atoms with van der Waals surface area (Å²) in [5.41, 5.74) is 1.66. The molecule has 3 rings (SSSR count). The minimum absolute atomic E-state index is 0.220. The molecule has 1 aliphatic rings. The predicted octanol–water partition coefficient (Wildman–Crippen LogP) is 2.98. The quantitative estimate of drug-likeness (QED) is 0.856. The van der Waals surface area contributed by atoms with Crippen molar-refractivity contribution in [2.45, 2.75) is 31.4 Å². The van der Waals surface area contributed by atoms with Gasteiger partial charge in [-0.1, -0.05) is 18.2 Å². The number of rotatable bonds is 3. The summed E-state index contributed by atoms with van der Waals surface area (Å²) in [6.45, 7) is 4.32. The van der Waals surface area contributed by atoms with Crippen molar-refractivity contribution in [3.05, 3.63) is 53.6 Å². The van der Waals surface area contributed by atoms with Crippen molar-refractivity contribution < 1.29 is 17.9 Å². The van der Waals surface area contributed by atoms with Crippen LogP contribution >= 0.6 is 0 Å². The largest absolute Gasteiger partial charge is 0.496 e. The molecule has 0 aromatic heterocycles. The SMILES string of the molecule is COc1ccc(S(=O)(=O)N2Cc3ccccc3OC(C)C2)cc1C. The lowest BCUT2D eigenvalue weighted by molar-refractivity contribution is 0.201. The summed E-state index contributed by atoms with van der Waals surface area (Å²) in [6, 6.07) is 12.5. The van der Waals surface area contributed by atoms with Crippen LogP contribution in [0.1, 0.15) is 18.1 Å². The highest BCUT2D eigenvalue weighted by atomic mass is 32.2. The predicted molar refractivity (Wildman–Crippen MR) is 91.9 cm³/mol. The first-order valence-corrected chi connectivity index (χ1v) is 9.25. The number of sulfonamides is 1. The molecule has 1 aliphatic heterocycles. The molecule has 2 aromatic rings. The minimum atomic E-state index is -3.61. The van der Waals surface area contributed by atoms with Crippen LogP contribution in [0.2, 0.25) is 0 Å². The maximum Gasteiger partial charge on any atom is 0.243 e. The fraction of sp³-hybridized carbons (Fsp3) is 0.333. The number of hydrogen-bond donors (Lipinski definition) is 0. The molecular formula is C18H21NO4S. The van der Waals surface area contributed by atoms with E-state index in [4.69, 9.17) is 9.47 Å². The fourth-order valence-electron chi connectivity index (χ4n) is 2.89. The average Bonchev–Trinajstić information content (AvgIpc) is 2.73. The van der Waals surface area contributed by atoms with Gasteiger partial charge in [0.2, 0.25) is 10.0 Å². The van der Waals surface area contributed by atoms with E-state index in [0.29, 0.717) is 18.8 Å². The van der Waals surface area contributed by atoms with E-state index in [-0.39, 0.29) is 11.0 Å². The Morgan fingerprint density at radius 1 is 1.21 bits per heavy atom. The molecule has 1 unspecified atom stereocenters. The van der Waals surface area contributed by atoms with Gasteiger partial charge in [-0.05, 0) is 43.7 Å². The maximum atomic E-state index is 13.1. The van der Waals surface area contributed by atoms with Crippen molar-refractivity contribution in [1.82, 2.24) is 4.31 Å². The summed E-state index contributed by atoms with van der Waals surface area (Å²) >= 11 is 0. The first-order valence-electron chi connectivity index (χ1n) is 7.81. The lowest BCUT2D eigenvalue weighted by Crippen LogP contribution is -2.36. The molecule has 2 aromatic carbocycles. The Balaban J connectivity index is 1.99. The van der Waals surface area contributed by atoms with Gasteiger partial charge in [-0.3, -0.25) is 0 Å². The third-order valence-corrected chi connectivity index (χ3v) is 5.92. The Morgan fingerprint density at radius 2 is 1.96 bits per heavy atom. The van der Waals surface area contributed by atoms with Gasteiger partial charge in [0.1, 0.15) is 17.6 Å². The van der Waals surface area contributed by atoms with Crippen LogP contribution in [0.4, 0.5) is 0 Å². The number of hydrogen-bond acceptors (Lipinski definition) is 4. The summed E-state index contributed by atoms with van der Waals surface area (Å²) in [4.78, 5) is 0.271. The van der Waals surface area contributed by atoms with E-state index in [9.17, 15) is 8.42 Å². The zero-order valence-corrected chi connectivity index (χ0v) is 14.8. The molecule has 24 heavy (non-hydrogen) atoms. The second kappa shape index (κ2) is 6.45. The number of nitrogens with zero attached hydrogens (tertiary/aromatic N) is 1. The second-order valence-electron chi connectivity index (χ2n) is 5.97. The van der Waals surface area contributed by atoms with E-state index in [1.165, 1.54) is 4.31 Å². The van der Waals surface area contributed by atoms with E-state index in [1.54, 1.807) is 25.3 Å². The number of aryl methyl sites for hydroxylation is 1. The first kappa shape index (κ1) is 16.8. The van der Waals surface area contributed by atoms with E-state index in [1.807, 2.05) is 38.1 Å². The van der Waals surface area contributed by atoms with Crippen LogP contribution in [0.3, 0.4) is 0 Å². The van der Waals surface area contributed by atoms with Crippen LogP contribution in [0.15, 0.2) is 47.4 Å². The van der Waals surface area contributed by atoms with Gasteiger partial charge >= 0.3 is 0 Å². The van der Waals surface area contributed by atoms with Gasteiger partial charge in [0.25, 0.3) is 0 Å². The maximum absolute atomic E-state index is 13.1. The summed E-state index contributed by atoms with van der Waals surface area (Å²) < 4.78 is 38.7. The van der Waals surface area contributed by atoms with Crippen LogP contribution in [-0.4, -0.2) is 32.5 Å². The van der Waals surface area contributed by atoms with E-state index in [0.717, 1.165) is 16.9 Å². The monoisotopic (exact) mass is 347 g/mol. The van der Waals surface area contributed by atoms with Gasteiger partial charge < -0.3 is 9.47 Å². The number of para-hydroxylation sites is 1. The van der Waals surface area contributed by atoms with Gasteiger partial charge in [-0.2, -0.15) is 4.31 Å². The Hall–Kier alpha value is -2.05. The van der Waals surface area contributed by atoms with Crippen molar-refractivity contribution in [3.63, 3.8) is 0 Å². The first-order chi connectivity index (χ1) is 11.4. The average molecular weight is 347 g/mol. The van der Waals surface area contributed by atoms with Crippen molar-refractivity contribution in [2.24, 2.45) is 0 Å². The van der Waals surface area contributed by atoms with Crippen molar-refractivity contribution in [2.75, 3.05) is 13.7 Å². The summed E-state index contributed by atoms with van der Waals surface area (Å²) in [6.07, 6.45) is -0.220. The van der Waals surface area contributed by atoms with Crippen LogP contribution < -0.4 is 9.47 Å². The molecule has 0 radical (unpaired) electrons. The molecular weight excluding hydrogens is 326 g/mol. The zero-order valence-electron chi connectivity index (χ0n) is 14.0. The molecule has 0 saturated carbocycles. The molecule has 0 saturated heterocycles. The third kappa shape index (κ3) is 3.12. The smallest absolute Gasteiger partial charge is 0.243 e. The van der Waals surface area contributed by atoms with Gasteiger partial charge in [0, 0.05) is 12.1 Å². The molecule has 0 amide bonds. The van der Waals surface area contributed by atoms with Gasteiger partial charge in [-0.15, -0.1) is 0 Å². The van der Waals surface area contributed by atoms with Crippen LogP contribution in [0.5, 0.6) is 11.5 Å². The highest BCUT2D eigenvalue weighted by Crippen LogP contribution is 2.29. The molecule has 0 bridgehead atoms. The Labute approximate surface area is 142 Å². The number of fused-ring (bicyclic) bond motifs is 1. The Morgan fingerprint density at radius 3 is 2.67 bits per heavy atom. The van der Waals surface area contributed by atoms with Gasteiger partial charge in [-0.25, -0.2) is 8.42 Å². The minimum Gasteiger partial charge on any atom is -0.496 e. The Bertz CT molecular complexity index is 848. The highest BCUT2D eigenvalue weighted by Gasteiger charge is 2.30. The lowest BCUT2D eigenvalue weighted by atomic mass is 10.2. The highest BCUT2D eigenvalue weighted by molar-refractivity contribution is 7.89. The van der Waals surface area contributed by atoms with Crippen molar-refractivity contribution in [1.29, 1.82) is 0 Å².